The normalized spacial score (nSPS) is 19.0. The molecule has 0 bridgehead atoms. The van der Waals surface area contributed by atoms with Gasteiger partial charge in [-0.15, -0.1) is 0 Å². The Hall–Kier alpha value is -1.80. The lowest BCUT2D eigenvalue weighted by Crippen LogP contribution is -3.14. The van der Waals surface area contributed by atoms with Crippen molar-refractivity contribution < 1.29 is 4.90 Å². The van der Waals surface area contributed by atoms with Crippen molar-refractivity contribution in [2.24, 2.45) is 0 Å². The van der Waals surface area contributed by atoms with E-state index < -0.39 is 0 Å². The zero-order chi connectivity index (χ0) is 16.5. The molecule has 0 atom stereocenters. The van der Waals surface area contributed by atoms with Gasteiger partial charge in [0.1, 0.15) is 5.82 Å². The van der Waals surface area contributed by atoms with Crippen molar-refractivity contribution in [3.8, 4) is 0 Å². The summed E-state index contributed by atoms with van der Waals surface area (Å²) in [4.78, 5) is 12.5. The largest absolute Gasteiger partial charge is 0.330 e. The van der Waals surface area contributed by atoms with E-state index in [-0.39, 0.29) is 0 Å². The van der Waals surface area contributed by atoms with Gasteiger partial charge in [-0.3, -0.25) is 0 Å². The first-order valence-corrected chi connectivity index (χ1v) is 9.20. The number of aromatic nitrogens is 5. The lowest BCUT2D eigenvalue weighted by atomic mass is 10.3. The predicted molar refractivity (Wildman–Crippen MR) is 93.6 cm³/mol. The Kier molecular flexibility index (Phi) is 4.32. The first-order valence-electron chi connectivity index (χ1n) is 8.79. The third-order valence-electron chi connectivity index (χ3n) is 4.89. The molecule has 0 aromatic carbocycles. The highest BCUT2D eigenvalue weighted by Crippen LogP contribution is 2.39. The highest BCUT2D eigenvalue weighted by molar-refractivity contribution is 7.71. The summed E-state index contributed by atoms with van der Waals surface area (Å²) in [6, 6.07) is 1.86. The van der Waals surface area contributed by atoms with Gasteiger partial charge in [0.25, 0.3) is 0 Å². The number of rotatable bonds is 5. The monoisotopic (exact) mass is 346 g/mol. The standard InChI is InChI=1S/C16H23N7S/c1-2-22-14(13-4-5-13)19-23(16(22)24)12-20-8-10-21(11-9-20)15-17-6-3-7-18-15/h3,6-7,13H,2,4-5,8-12H2,1H3/p+1. The third-order valence-corrected chi connectivity index (χ3v) is 5.32. The van der Waals surface area contributed by atoms with Crippen LogP contribution in [-0.2, 0) is 13.2 Å². The van der Waals surface area contributed by atoms with Crippen molar-refractivity contribution in [2.75, 3.05) is 31.1 Å². The molecule has 128 valence electrons. The Bertz CT molecular complexity index is 742. The van der Waals surface area contributed by atoms with Crippen LogP contribution in [0.4, 0.5) is 5.95 Å². The summed E-state index contributed by atoms with van der Waals surface area (Å²) in [5.74, 6) is 2.66. The minimum Gasteiger partial charge on any atom is -0.330 e. The second kappa shape index (κ2) is 6.60. The van der Waals surface area contributed by atoms with Gasteiger partial charge in [0.15, 0.2) is 6.67 Å². The van der Waals surface area contributed by atoms with E-state index in [4.69, 9.17) is 17.3 Å². The van der Waals surface area contributed by atoms with E-state index in [9.17, 15) is 0 Å². The van der Waals surface area contributed by atoms with Crippen molar-refractivity contribution in [3.05, 3.63) is 29.1 Å². The van der Waals surface area contributed by atoms with Crippen LogP contribution < -0.4 is 9.80 Å². The van der Waals surface area contributed by atoms with Gasteiger partial charge in [-0.05, 0) is 38.0 Å². The number of nitrogens with one attached hydrogen (secondary N) is 1. The van der Waals surface area contributed by atoms with Gasteiger partial charge in [-0.25, -0.2) is 9.97 Å². The first-order chi connectivity index (χ1) is 11.8. The molecule has 0 unspecified atom stereocenters. The van der Waals surface area contributed by atoms with Crippen molar-refractivity contribution in [3.63, 3.8) is 0 Å². The molecular formula is C16H24N7S+. The van der Waals surface area contributed by atoms with Crippen LogP contribution in [0.2, 0.25) is 0 Å². The van der Waals surface area contributed by atoms with Crippen molar-refractivity contribution in [2.45, 2.75) is 38.9 Å². The molecule has 1 saturated heterocycles. The molecule has 0 amide bonds. The minimum atomic E-state index is 0.634. The second-order valence-electron chi connectivity index (χ2n) is 6.60. The summed E-state index contributed by atoms with van der Waals surface area (Å²) in [5, 5.41) is 4.83. The summed E-state index contributed by atoms with van der Waals surface area (Å²) in [6.07, 6.45) is 6.12. The van der Waals surface area contributed by atoms with Gasteiger partial charge in [-0.2, -0.15) is 9.78 Å². The van der Waals surface area contributed by atoms with Crippen LogP contribution in [-0.4, -0.2) is 50.5 Å². The fraction of sp³-hybridized carbons (Fsp3) is 0.625. The maximum Gasteiger partial charge on any atom is 0.225 e. The quantitative estimate of drug-likeness (QED) is 0.798. The maximum atomic E-state index is 5.65. The van der Waals surface area contributed by atoms with Crippen molar-refractivity contribution >= 4 is 18.2 Å². The molecule has 8 heteroatoms. The smallest absolute Gasteiger partial charge is 0.225 e. The fourth-order valence-electron chi connectivity index (χ4n) is 3.35. The summed E-state index contributed by atoms with van der Waals surface area (Å²) < 4.78 is 5.12. The van der Waals surface area contributed by atoms with Crippen LogP contribution in [0.1, 0.15) is 31.5 Å². The van der Waals surface area contributed by atoms with Gasteiger partial charge in [-0.1, -0.05) is 0 Å². The van der Waals surface area contributed by atoms with Crippen LogP contribution in [0.5, 0.6) is 0 Å². The first kappa shape index (κ1) is 15.7. The molecule has 3 heterocycles. The predicted octanol–water partition coefficient (Wildman–Crippen LogP) is 0.464. The molecule has 7 nitrogen and oxygen atoms in total. The number of anilines is 1. The molecule has 1 saturated carbocycles. The molecule has 2 aromatic rings. The zero-order valence-corrected chi connectivity index (χ0v) is 14.9. The Balaban J connectivity index is 1.41. The van der Waals surface area contributed by atoms with Crippen LogP contribution in [0, 0.1) is 4.77 Å². The van der Waals surface area contributed by atoms with E-state index in [1.165, 1.54) is 23.6 Å². The minimum absolute atomic E-state index is 0.634. The average Bonchev–Trinajstić information content (AvgIpc) is 3.42. The molecule has 0 spiro atoms. The Morgan fingerprint density at radius 3 is 2.54 bits per heavy atom. The summed E-state index contributed by atoms with van der Waals surface area (Å²) >= 11 is 5.65. The number of quaternary nitrogens is 1. The molecule has 1 aliphatic carbocycles. The summed E-state index contributed by atoms with van der Waals surface area (Å²) in [7, 11) is 0. The van der Waals surface area contributed by atoms with Crippen molar-refractivity contribution in [1.82, 2.24) is 24.3 Å². The van der Waals surface area contributed by atoms with Gasteiger partial charge >= 0.3 is 0 Å². The number of hydrogen-bond acceptors (Lipinski definition) is 5. The molecule has 24 heavy (non-hydrogen) atoms. The number of hydrogen-bond donors (Lipinski definition) is 1. The zero-order valence-electron chi connectivity index (χ0n) is 14.1. The van der Waals surface area contributed by atoms with E-state index in [1.807, 2.05) is 10.7 Å². The topological polar surface area (TPSA) is 56.2 Å². The van der Waals surface area contributed by atoms with E-state index >= 15 is 0 Å². The highest BCUT2D eigenvalue weighted by Gasteiger charge is 2.30. The second-order valence-corrected chi connectivity index (χ2v) is 6.97. The van der Waals surface area contributed by atoms with Crippen LogP contribution >= 0.6 is 12.2 Å². The van der Waals surface area contributed by atoms with Crippen molar-refractivity contribution in [1.29, 1.82) is 0 Å². The molecule has 0 radical (unpaired) electrons. The van der Waals surface area contributed by atoms with Crippen LogP contribution in [0.25, 0.3) is 0 Å². The summed E-state index contributed by atoms with van der Waals surface area (Å²) in [6.45, 7) is 7.97. The maximum absolute atomic E-state index is 5.65. The van der Waals surface area contributed by atoms with E-state index in [1.54, 1.807) is 12.4 Å². The molecule has 4 rings (SSSR count). The van der Waals surface area contributed by atoms with E-state index in [0.717, 1.165) is 50.1 Å². The lowest BCUT2D eigenvalue weighted by Gasteiger charge is -2.31. The lowest BCUT2D eigenvalue weighted by molar-refractivity contribution is -0.924. The summed E-state index contributed by atoms with van der Waals surface area (Å²) in [5.41, 5.74) is 0. The number of nitrogens with zero attached hydrogens (tertiary/aromatic N) is 6. The molecule has 1 N–H and O–H groups in total. The van der Waals surface area contributed by atoms with E-state index in [2.05, 4.69) is 26.4 Å². The SMILES string of the molecule is CCn1c(C2CC2)nn(C[NH+]2CCN(c3ncccn3)CC2)c1=S. The van der Waals surface area contributed by atoms with Crippen LogP contribution in [0.3, 0.4) is 0 Å². The Morgan fingerprint density at radius 2 is 1.92 bits per heavy atom. The van der Waals surface area contributed by atoms with Crippen LogP contribution in [0.15, 0.2) is 18.5 Å². The fourth-order valence-corrected chi connectivity index (χ4v) is 3.68. The molecule has 1 aliphatic heterocycles. The molecule has 2 fully saturated rings. The molecule has 2 aromatic heterocycles. The molecule has 2 aliphatic rings. The number of piperazine rings is 1. The molecular weight excluding hydrogens is 322 g/mol. The third kappa shape index (κ3) is 3.08. The van der Waals surface area contributed by atoms with E-state index in [0.29, 0.717) is 5.92 Å². The highest BCUT2D eigenvalue weighted by atomic mass is 32.1. The van der Waals surface area contributed by atoms with Gasteiger partial charge in [0, 0.05) is 24.9 Å². The average molecular weight is 346 g/mol. The Labute approximate surface area is 146 Å². The van der Waals surface area contributed by atoms with Gasteiger partial charge < -0.3 is 14.4 Å². The van der Waals surface area contributed by atoms with Gasteiger partial charge in [0.2, 0.25) is 10.7 Å². The Morgan fingerprint density at radius 1 is 1.21 bits per heavy atom. The van der Waals surface area contributed by atoms with Gasteiger partial charge in [0.05, 0.1) is 26.2 Å².